The van der Waals surface area contributed by atoms with Gasteiger partial charge in [-0.15, -0.1) is 0 Å². The standard InChI is InChI=1S/C13H18ClNO4S/c1-8(2)15(7-10-4-5-10)13(16)11-6-12(9(3)19-11)20(14,17)18/h6,8,10H,4-5,7H2,1-3H3. The third-order valence-corrected chi connectivity index (χ3v) is 4.81. The molecule has 0 spiro atoms. The van der Waals surface area contributed by atoms with Crippen molar-refractivity contribution in [2.75, 3.05) is 6.54 Å². The molecule has 1 fully saturated rings. The second-order valence-corrected chi connectivity index (χ2v) is 8.00. The second kappa shape index (κ2) is 5.41. The number of nitrogens with zero attached hydrogens (tertiary/aromatic N) is 1. The van der Waals surface area contributed by atoms with Crippen LogP contribution in [0.4, 0.5) is 0 Å². The van der Waals surface area contributed by atoms with Gasteiger partial charge in [0.15, 0.2) is 5.76 Å². The van der Waals surface area contributed by atoms with Gasteiger partial charge >= 0.3 is 0 Å². The number of aryl methyl sites for hydroxylation is 1. The van der Waals surface area contributed by atoms with Crippen molar-refractivity contribution in [2.24, 2.45) is 5.92 Å². The molecule has 5 nitrogen and oxygen atoms in total. The Labute approximate surface area is 123 Å². The lowest BCUT2D eigenvalue weighted by atomic mass is 10.2. The number of hydrogen-bond acceptors (Lipinski definition) is 4. The van der Waals surface area contributed by atoms with E-state index in [1.165, 1.54) is 13.0 Å². The summed E-state index contributed by atoms with van der Waals surface area (Å²) in [6.07, 6.45) is 2.27. The van der Waals surface area contributed by atoms with Crippen molar-refractivity contribution in [1.29, 1.82) is 0 Å². The fourth-order valence-corrected chi connectivity index (χ4v) is 3.15. The highest BCUT2D eigenvalue weighted by molar-refractivity contribution is 8.13. The molecule has 1 aliphatic rings. The molecule has 0 radical (unpaired) electrons. The van der Waals surface area contributed by atoms with E-state index in [0.717, 1.165) is 12.8 Å². The Morgan fingerprint density at radius 1 is 1.50 bits per heavy atom. The van der Waals surface area contributed by atoms with E-state index in [0.29, 0.717) is 12.5 Å². The SMILES string of the molecule is Cc1oc(C(=O)N(CC2CC2)C(C)C)cc1S(=O)(=O)Cl. The first-order chi connectivity index (χ1) is 9.20. The normalized spacial score (nSPS) is 15.7. The van der Waals surface area contributed by atoms with Crippen LogP contribution in [0.15, 0.2) is 15.4 Å². The Bertz CT molecular complexity index is 616. The fourth-order valence-electron chi connectivity index (χ4n) is 2.06. The van der Waals surface area contributed by atoms with Gasteiger partial charge < -0.3 is 9.32 Å². The van der Waals surface area contributed by atoms with E-state index >= 15 is 0 Å². The van der Waals surface area contributed by atoms with Crippen molar-refractivity contribution in [1.82, 2.24) is 4.90 Å². The van der Waals surface area contributed by atoms with E-state index in [4.69, 9.17) is 15.1 Å². The molecule has 1 heterocycles. The molecular formula is C13H18ClNO4S. The minimum Gasteiger partial charge on any atom is -0.455 e. The van der Waals surface area contributed by atoms with Crippen LogP contribution in [0.1, 0.15) is 43.0 Å². The number of furan rings is 1. The third-order valence-electron chi connectivity index (χ3n) is 3.38. The summed E-state index contributed by atoms with van der Waals surface area (Å²) in [7, 11) is 1.41. The monoisotopic (exact) mass is 319 g/mol. The topological polar surface area (TPSA) is 67.6 Å². The highest BCUT2D eigenvalue weighted by atomic mass is 35.7. The molecule has 112 valence electrons. The van der Waals surface area contributed by atoms with Crippen LogP contribution in [0.2, 0.25) is 0 Å². The van der Waals surface area contributed by atoms with Crippen LogP contribution >= 0.6 is 10.7 Å². The van der Waals surface area contributed by atoms with Crippen LogP contribution in [0.25, 0.3) is 0 Å². The van der Waals surface area contributed by atoms with E-state index in [1.54, 1.807) is 4.90 Å². The van der Waals surface area contributed by atoms with Crippen molar-refractivity contribution in [3.05, 3.63) is 17.6 Å². The Hall–Kier alpha value is -1.01. The maximum Gasteiger partial charge on any atom is 0.289 e. The number of rotatable bonds is 5. The van der Waals surface area contributed by atoms with E-state index in [9.17, 15) is 13.2 Å². The lowest BCUT2D eigenvalue weighted by molar-refractivity contribution is 0.0662. The van der Waals surface area contributed by atoms with Crippen LogP contribution in [0, 0.1) is 12.8 Å². The van der Waals surface area contributed by atoms with E-state index in [1.807, 2.05) is 13.8 Å². The number of carbonyl (C=O) groups is 1. The highest BCUT2D eigenvalue weighted by Gasteiger charge is 2.31. The first-order valence-electron chi connectivity index (χ1n) is 6.56. The second-order valence-electron chi connectivity index (χ2n) is 5.46. The molecule has 0 saturated heterocycles. The molecule has 0 aromatic carbocycles. The fraction of sp³-hybridized carbons (Fsp3) is 0.615. The molecule has 0 unspecified atom stereocenters. The van der Waals surface area contributed by atoms with Gasteiger partial charge in [-0.3, -0.25) is 4.79 Å². The number of carbonyl (C=O) groups excluding carboxylic acids is 1. The molecule has 0 N–H and O–H groups in total. The van der Waals surface area contributed by atoms with E-state index < -0.39 is 9.05 Å². The van der Waals surface area contributed by atoms with Crippen LogP contribution in [-0.2, 0) is 9.05 Å². The lowest BCUT2D eigenvalue weighted by Gasteiger charge is -2.25. The Morgan fingerprint density at radius 2 is 2.10 bits per heavy atom. The largest absolute Gasteiger partial charge is 0.455 e. The van der Waals surface area contributed by atoms with Crippen LogP contribution in [-0.4, -0.2) is 31.8 Å². The third kappa shape index (κ3) is 3.35. The molecule has 1 aliphatic carbocycles. The van der Waals surface area contributed by atoms with Crippen LogP contribution in [0.5, 0.6) is 0 Å². The molecule has 1 saturated carbocycles. The first kappa shape index (κ1) is 15.4. The molecule has 1 amide bonds. The number of halogens is 1. The van der Waals surface area contributed by atoms with Gasteiger partial charge in [0.05, 0.1) is 0 Å². The number of amides is 1. The predicted octanol–water partition coefficient (Wildman–Crippen LogP) is 2.78. The van der Waals surface area contributed by atoms with Gasteiger partial charge in [-0.2, -0.15) is 0 Å². The Balaban J connectivity index is 2.27. The Morgan fingerprint density at radius 3 is 2.50 bits per heavy atom. The average Bonchev–Trinajstić information content (AvgIpc) is 3.04. The zero-order valence-corrected chi connectivity index (χ0v) is 13.3. The summed E-state index contributed by atoms with van der Waals surface area (Å²) in [6, 6.07) is 1.24. The summed E-state index contributed by atoms with van der Waals surface area (Å²) >= 11 is 0. The molecule has 1 aromatic rings. The van der Waals surface area contributed by atoms with E-state index in [2.05, 4.69) is 0 Å². The van der Waals surface area contributed by atoms with Gasteiger partial charge in [0.2, 0.25) is 0 Å². The molecule has 0 aliphatic heterocycles. The molecule has 20 heavy (non-hydrogen) atoms. The summed E-state index contributed by atoms with van der Waals surface area (Å²) < 4.78 is 28.0. The summed E-state index contributed by atoms with van der Waals surface area (Å²) in [4.78, 5) is 14.0. The maximum absolute atomic E-state index is 12.4. The quantitative estimate of drug-likeness (QED) is 0.783. The molecular weight excluding hydrogens is 302 g/mol. The maximum atomic E-state index is 12.4. The van der Waals surface area contributed by atoms with Crippen molar-refractivity contribution in [3.8, 4) is 0 Å². The minimum atomic E-state index is -3.90. The van der Waals surface area contributed by atoms with Crippen LogP contribution in [0.3, 0.4) is 0 Å². The first-order valence-corrected chi connectivity index (χ1v) is 8.87. The molecule has 0 atom stereocenters. The summed E-state index contributed by atoms with van der Waals surface area (Å²) in [5.74, 6) is 0.421. The predicted molar refractivity (Wildman–Crippen MR) is 75.4 cm³/mol. The van der Waals surface area contributed by atoms with Gasteiger partial charge in [-0.1, -0.05) is 0 Å². The molecule has 0 bridgehead atoms. The lowest BCUT2D eigenvalue weighted by Crippen LogP contribution is -2.38. The molecule has 2 rings (SSSR count). The Kier molecular flexibility index (Phi) is 4.16. The van der Waals surface area contributed by atoms with Gasteiger partial charge in [0.25, 0.3) is 15.0 Å². The average molecular weight is 320 g/mol. The van der Waals surface area contributed by atoms with Crippen molar-refractivity contribution in [2.45, 2.75) is 44.6 Å². The minimum absolute atomic E-state index is 0.0241. The van der Waals surface area contributed by atoms with Gasteiger partial charge in [0.1, 0.15) is 10.7 Å². The summed E-state index contributed by atoms with van der Waals surface area (Å²) in [6.45, 7) is 6.01. The highest BCUT2D eigenvalue weighted by Crippen LogP contribution is 2.31. The zero-order valence-electron chi connectivity index (χ0n) is 11.7. The summed E-state index contributed by atoms with van der Waals surface area (Å²) in [5, 5.41) is 0. The zero-order chi connectivity index (χ0) is 15.1. The van der Waals surface area contributed by atoms with Crippen LogP contribution < -0.4 is 0 Å². The molecule has 7 heteroatoms. The van der Waals surface area contributed by atoms with Gasteiger partial charge in [-0.05, 0) is 39.5 Å². The van der Waals surface area contributed by atoms with E-state index in [-0.39, 0.29) is 28.4 Å². The number of hydrogen-bond donors (Lipinski definition) is 0. The smallest absolute Gasteiger partial charge is 0.289 e. The molecule has 1 aromatic heterocycles. The van der Waals surface area contributed by atoms with Crippen molar-refractivity contribution in [3.63, 3.8) is 0 Å². The van der Waals surface area contributed by atoms with Crippen molar-refractivity contribution < 1.29 is 17.6 Å². The van der Waals surface area contributed by atoms with Crippen molar-refractivity contribution >= 4 is 25.6 Å². The summed E-state index contributed by atoms with van der Waals surface area (Å²) in [5.41, 5.74) is 0. The van der Waals surface area contributed by atoms with Gasteiger partial charge in [-0.25, -0.2) is 8.42 Å². The van der Waals surface area contributed by atoms with Gasteiger partial charge in [0, 0.05) is 29.3 Å².